The molecule has 0 aromatic heterocycles. The van der Waals surface area contributed by atoms with Crippen LogP contribution in [0.5, 0.6) is 0 Å². The predicted molar refractivity (Wildman–Crippen MR) is 68.4 cm³/mol. The Balaban J connectivity index is 4.45. The van der Waals surface area contributed by atoms with E-state index in [1.54, 1.807) is 12.1 Å². The second-order valence-electron chi connectivity index (χ2n) is 4.08. The monoisotopic (exact) mass is 235 g/mol. The lowest BCUT2D eigenvalue weighted by Crippen LogP contribution is -2.01. The third-order valence-corrected chi connectivity index (χ3v) is 2.80. The molecule has 0 spiro atoms. The number of aliphatic carboxylic acids is 1. The SMILES string of the molecule is CCCCC(CC)CC=C(C=CC#N)C(=O)O. The third kappa shape index (κ3) is 7.35. The average molecular weight is 235 g/mol. The van der Waals surface area contributed by atoms with Gasteiger partial charge in [0, 0.05) is 6.08 Å². The maximum absolute atomic E-state index is 10.9. The summed E-state index contributed by atoms with van der Waals surface area (Å²) in [4.78, 5) is 10.9. The van der Waals surface area contributed by atoms with Crippen LogP contribution >= 0.6 is 0 Å². The van der Waals surface area contributed by atoms with E-state index < -0.39 is 5.97 Å². The molecule has 0 rings (SSSR count). The van der Waals surface area contributed by atoms with E-state index in [-0.39, 0.29) is 5.57 Å². The first-order valence-electron chi connectivity index (χ1n) is 6.15. The van der Waals surface area contributed by atoms with Gasteiger partial charge in [-0.3, -0.25) is 0 Å². The van der Waals surface area contributed by atoms with Crippen LogP contribution in [0.15, 0.2) is 23.8 Å². The van der Waals surface area contributed by atoms with Crippen LogP contribution in [-0.2, 0) is 4.79 Å². The van der Waals surface area contributed by atoms with Crippen molar-refractivity contribution >= 4 is 5.97 Å². The van der Waals surface area contributed by atoms with Gasteiger partial charge in [0.05, 0.1) is 11.6 Å². The molecule has 0 aliphatic carbocycles. The van der Waals surface area contributed by atoms with Crippen LogP contribution in [0, 0.1) is 17.2 Å². The third-order valence-electron chi connectivity index (χ3n) is 2.80. The fourth-order valence-electron chi connectivity index (χ4n) is 1.63. The molecule has 0 aromatic rings. The number of nitrogens with zero attached hydrogens (tertiary/aromatic N) is 1. The summed E-state index contributed by atoms with van der Waals surface area (Å²) in [6.07, 6.45) is 9.60. The molecule has 3 heteroatoms. The summed E-state index contributed by atoms with van der Waals surface area (Å²) in [5.74, 6) is -0.429. The second kappa shape index (κ2) is 9.65. The van der Waals surface area contributed by atoms with Crippen LogP contribution in [0.3, 0.4) is 0 Å². The molecular formula is C14H21NO2. The quantitative estimate of drug-likeness (QED) is 0.396. The zero-order valence-corrected chi connectivity index (χ0v) is 10.6. The van der Waals surface area contributed by atoms with Crippen LogP contribution in [-0.4, -0.2) is 11.1 Å². The van der Waals surface area contributed by atoms with E-state index in [4.69, 9.17) is 10.4 Å². The molecule has 1 N–H and O–H groups in total. The minimum Gasteiger partial charge on any atom is -0.478 e. The number of hydrogen-bond acceptors (Lipinski definition) is 2. The average Bonchev–Trinajstić information content (AvgIpc) is 2.32. The van der Waals surface area contributed by atoms with Crippen molar-refractivity contribution in [3.63, 3.8) is 0 Å². The van der Waals surface area contributed by atoms with Gasteiger partial charge in [-0.05, 0) is 18.4 Å². The van der Waals surface area contributed by atoms with Crippen molar-refractivity contribution in [3.05, 3.63) is 23.8 Å². The minimum absolute atomic E-state index is 0.210. The lowest BCUT2D eigenvalue weighted by Gasteiger charge is -2.11. The van der Waals surface area contributed by atoms with Gasteiger partial charge in [-0.2, -0.15) is 5.26 Å². The van der Waals surface area contributed by atoms with Crippen molar-refractivity contribution in [3.8, 4) is 6.07 Å². The second-order valence-corrected chi connectivity index (χ2v) is 4.08. The smallest absolute Gasteiger partial charge is 0.335 e. The van der Waals surface area contributed by atoms with E-state index in [1.165, 1.54) is 25.0 Å². The Labute approximate surface area is 103 Å². The van der Waals surface area contributed by atoms with Gasteiger partial charge in [-0.1, -0.05) is 45.6 Å². The highest BCUT2D eigenvalue weighted by molar-refractivity contribution is 5.89. The van der Waals surface area contributed by atoms with Crippen LogP contribution in [0.1, 0.15) is 46.0 Å². The molecule has 0 aliphatic rings. The standard InChI is InChI=1S/C14H21NO2/c1-3-5-7-12(4-2)9-10-13(14(16)17)8-6-11-15/h6,8,10,12H,3-5,7,9H2,1-2H3,(H,16,17). The number of unbranched alkanes of at least 4 members (excludes halogenated alkanes) is 1. The van der Waals surface area contributed by atoms with Gasteiger partial charge in [0.2, 0.25) is 0 Å². The van der Waals surface area contributed by atoms with Crippen LogP contribution in [0.2, 0.25) is 0 Å². The molecule has 17 heavy (non-hydrogen) atoms. The lowest BCUT2D eigenvalue weighted by atomic mass is 9.95. The summed E-state index contributed by atoms with van der Waals surface area (Å²) in [6.45, 7) is 4.28. The summed E-state index contributed by atoms with van der Waals surface area (Å²) in [7, 11) is 0. The number of rotatable bonds is 8. The fraction of sp³-hybridized carbons (Fsp3) is 0.571. The first kappa shape index (κ1) is 15.4. The Kier molecular flexibility index (Phi) is 8.77. The molecule has 0 saturated carbocycles. The summed E-state index contributed by atoms with van der Waals surface area (Å²) < 4.78 is 0. The molecule has 0 bridgehead atoms. The molecule has 3 nitrogen and oxygen atoms in total. The van der Waals surface area contributed by atoms with Crippen molar-refractivity contribution in [2.24, 2.45) is 5.92 Å². The summed E-state index contributed by atoms with van der Waals surface area (Å²) >= 11 is 0. The van der Waals surface area contributed by atoms with E-state index in [0.29, 0.717) is 5.92 Å². The molecule has 0 aromatic carbocycles. The van der Waals surface area contributed by atoms with Crippen molar-refractivity contribution in [2.45, 2.75) is 46.0 Å². The fourth-order valence-corrected chi connectivity index (χ4v) is 1.63. The number of carbonyl (C=O) groups is 1. The normalized spacial score (nSPS) is 13.6. The Morgan fingerprint density at radius 3 is 2.65 bits per heavy atom. The summed E-state index contributed by atoms with van der Waals surface area (Å²) in [5, 5.41) is 17.3. The molecule has 0 amide bonds. The molecule has 94 valence electrons. The first-order chi connectivity index (χ1) is 8.15. The van der Waals surface area contributed by atoms with Crippen molar-refractivity contribution in [2.75, 3.05) is 0 Å². The molecule has 1 unspecified atom stereocenters. The number of carboxylic acid groups (broad SMARTS) is 1. The maximum Gasteiger partial charge on any atom is 0.335 e. The molecule has 0 fully saturated rings. The van der Waals surface area contributed by atoms with E-state index in [2.05, 4.69) is 13.8 Å². The van der Waals surface area contributed by atoms with Gasteiger partial charge in [-0.25, -0.2) is 4.79 Å². The Bertz CT molecular complexity index is 324. The van der Waals surface area contributed by atoms with E-state index in [1.807, 2.05) is 0 Å². The molecule has 0 radical (unpaired) electrons. The number of carboxylic acids is 1. The van der Waals surface area contributed by atoms with Gasteiger partial charge >= 0.3 is 5.97 Å². The van der Waals surface area contributed by atoms with Gasteiger partial charge in [0.25, 0.3) is 0 Å². The van der Waals surface area contributed by atoms with Gasteiger partial charge in [-0.15, -0.1) is 0 Å². The highest BCUT2D eigenvalue weighted by Crippen LogP contribution is 2.18. The topological polar surface area (TPSA) is 61.1 Å². The lowest BCUT2D eigenvalue weighted by molar-refractivity contribution is -0.132. The Morgan fingerprint density at radius 1 is 1.47 bits per heavy atom. The van der Waals surface area contributed by atoms with Crippen LogP contribution in [0.4, 0.5) is 0 Å². The van der Waals surface area contributed by atoms with Crippen molar-refractivity contribution in [1.29, 1.82) is 5.26 Å². The van der Waals surface area contributed by atoms with Crippen molar-refractivity contribution in [1.82, 2.24) is 0 Å². The molecule has 1 atom stereocenters. The largest absolute Gasteiger partial charge is 0.478 e. The molecular weight excluding hydrogens is 214 g/mol. The Morgan fingerprint density at radius 2 is 2.18 bits per heavy atom. The zero-order valence-electron chi connectivity index (χ0n) is 10.6. The van der Waals surface area contributed by atoms with E-state index in [9.17, 15) is 4.79 Å². The van der Waals surface area contributed by atoms with E-state index in [0.717, 1.165) is 19.3 Å². The van der Waals surface area contributed by atoms with Crippen molar-refractivity contribution < 1.29 is 9.90 Å². The number of allylic oxidation sites excluding steroid dienone is 2. The van der Waals surface area contributed by atoms with Crippen LogP contribution < -0.4 is 0 Å². The molecule has 0 saturated heterocycles. The molecule has 0 aliphatic heterocycles. The van der Waals surface area contributed by atoms with Crippen LogP contribution in [0.25, 0.3) is 0 Å². The van der Waals surface area contributed by atoms with Gasteiger partial charge in [0.1, 0.15) is 0 Å². The van der Waals surface area contributed by atoms with Gasteiger partial charge in [0.15, 0.2) is 0 Å². The zero-order chi connectivity index (χ0) is 13.1. The maximum atomic E-state index is 10.9. The summed E-state index contributed by atoms with van der Waals surface area (Å²) in [6, 6.07) is 1.80. The Hall–Kier alpha value is -1.56. The minimum atomic E-state index is -0.971. The predicted octanol–water partition coefficient (Wildman–Crippen LogP) is 3.68. The highest BCUT2D eigenvalue weighted by Gasteiger charge is 2.07. The molecule has 0 heterocycles. The van der Waals surface area contributed by atoms with E-state index >= 15 is 0 Å². The highest BCUT2D eigenvalue weighted by atomic mass is 16.4. The number of nitriles is 1. The number of hydrogen-bond donors (Lipinski definition) is 1. The summed E-state index contributed by atoms with van der Waals surface area (Å²) in [5.41, 5.74) is 0.210. The van der Waals surface area contributed by atoms with Gasteiger partial charge < -0.3 is 5.11 Å². The first-order valence-corrected chi connectivity index (χ1v) is 6.15.